The lowest BCUT2D eigenvalue weighted by Gasteiger charge is -2.31. The second-order valence-electron chi connectivity index (χ2n) is 6.77. The average molecular weight is 347 g/mol. The van der Waals surface area contributed by atoms with Crippen molar-refractivity contribution in [1.29, 1.82) is 0 Å². The van der Waals surface area contributed by atoms with Crippen LogP contribution in [0.15, 0.2) is 18.5 Å². The van der Waals surface area contributed by atoms with Crippen LogP contribution < -0.4 is 10.1 Å². The third-order valence-electron chi connectivity index (χ3n) is 4.52. The number of likely N-dealkylation sites (tertiary alicyclic amines) is 1. The molecular formula is C18H25N3O4. The molecule has 1 N–H and O–H groups in total. The summed E-state index contributed by atoms with van der Waals surface area (Å²) in [4.78, 5) is 31.0. The van der Waals surface area contributed by atoms with Crippen LogP contribution in [0.5, 0.6) is 5.75 Å². The van der Waals surface area contributed by atoms with Gasteiger partial charge in [-0.2, -0.15) is 0 Å². The Kier molecular flexibility index (Phi) is 5.53. The average Bonchev–Trinajstić information content (AvgIpc) is 2.96. The number of carbonyl (C=O) groups is 2. The Balaban J connectivity index is 1.60. The molecule has 3 heterocycles. The number of nitrogens with zero attached hydrogens (tertiary/aromatic N) is 2. The molecule has 2 aliphatic rings. The van der Waals surface area contributed by atoms with Crippen molar-refractivity contribution >= 4 is 11.8 Å². The highest BCUT2D eigenvalue weighted by molar-refractivity contribution is 5.98. The summed E-state index contributed by atoms with van der Waals surface area (Å²) < 4.78 is 10.9. The maximum absolute atomic E-state index is 12.6. The van der Waals surface area contributed by atoms with E-state index in [1.807, 2.05) is 18.7 Å². The zero-order valence-corrected chi connectivity index (χ0v) is 14.7. The normalized spacial score (nSPS) is 21.6. The fraction of sp³-hybridized carbons (Fsp3) is 0.611. The lowest BCUT2D eigenvalue weighted by Crippen LogP contribution is -2.46. The zero-order valence-electron chi connectivity index (χ0n) is 14.7. The maximum atomic E-state index is 12.6. The zero-order chi connectivity index (χ0) is 17.8. The first-order valence-electron chi connectivity index (χ1n) is 8.85. The molecule has 2 fully saturated rings. The third-order valence-corrected chi connectivity index (χ3v) is 4.52. The maximum Gasteiger partial charge on any atom is 0.253 e. The molecule has 136 valence electrons. The molecule has 0 radical (unpaired) electrons. The summed E-state index contributed by atoms with van der Waals surface area (Å²) in [5, 5.41) is 2.84. The van der Waals surface area contributed by atoms with Crippen molar-refractivity contribution in [3.05, 3.63) is 24.0 Å². The molecule has 2 aliphatic heterocycles. The van der Waals surface area contributed by atoms with Crippen LogP contribution in [0.4, 0.5) is 0 Å². The van der Waals surface area contributed by atoms with Crippen molar-refractivity contribution in [2.45, 2.75) is 51.3 Å². The van der Waals surface area contributed by atoms with E-state index in [-0.39, 0.29) is 24.0 Å². The van der Waals surface area contributed by atoms with Gasteiger partial charge < -0.3 is 19.7 Å². The Morgan fingerprint density at radius 3 is 2.80 bits per heavy atom. The number of hydrogen-bond donors (Lipinski definition) is 1. The molecule has 0 aromatic carbocycles. The molecule has 0 saturated carbocycles. The van der Waals surface area contributed by atoms with Crippen LogP contribution in [0.25, 0.3) is 0 Å². The molecule has 0 spiro atoms. The van der Waals surface area contributed by atoms with E-state index in [4.69, 9.17) is 9.47 Å². The van der Waals surface area contributed by atoms with Crippen molar-refractivity contribution < 1.29 is 19.1 Å². The Labute approximate surface area is 147 Å². The Morgan fingerprint density at radius 1 is 1.32 bits per heavy atom. The molecule has 1 unspecified atom stereocenters. The number of ether oxygens (including phenoxy) is 2. The molecule has 1 aromatic heterocycles. The van der Waals surface area contributed by atoms with Crippen LogP contribution in [-0.4, -0.2) is 59.6 Å². The summed E-state index contributed by atoms with van der Waals surface area (Å²) in [5.74, 6) is 0.251. The van der Waals surface area contributed by atoms with Gasteiger partial charge in [0.1, 0.15) is 11.8 Å². The summed E-state index contributed by atoms with van der Waals surface area (Å²) in [6.45, 7) is 5.90. The van der Waals surface area contributed by atoms with Gasteiger partial charge in [-0.05, 0) is 39.2 Å². The highest BCUT2D eigenvalue weighted by atomic mass is 16.5. The number of carbonyl (C=O) groups excluding carboxylic acids is 2. The number of amides is 2. The van der Waals surface area contributed by atoms with E-state index >= 15 is 0 Å². The van der Waals surface area contributed by atoms with Gasteiger partial charge in [0.05, 0.1) is 17.9 Å². The highest BCUT2D eigenvalue weighted by Crippen LogP contribution is 2.22. The fourth-order valence-electron chi connectivity index (χ4n) is 3.32. The predicted molar refractivity (Wildman–Crippen MR) is 91.4 cm³/mol. The van der Waals surface area contributed by atoms with E-state index in [2.05, 4.69) is 10.3 Å². The van der Waals surface area contributed by atoms with Gasteiger partial charge in [0.25, 0.3) is 5.91 Å². The number of aromatic nitrogens is 1. The molecule has 2 amide bonds. The monoisotopic (exact) mass is 347 g/mol. The Bertz CT molecular complexity index is 629. The summed E-state index contributed by atoms with van der Waals surface area (Å²) in [6, 6.07) is 1.41. The lowest BCUT2D eigenvalue weighted by atomic mass is 10.1. The summed E-state index contributed by atoms with van der Waals surface area (Å²) in [7, 11) is 0. The van der Waals surface area contributed by atoms with Crippen molar-refractivity contribution in [2.24, 2.45) is 0 Å². The van der Waals surface area contributed by atoms with Crippen LogP contribution in [0.1, 0.15) is 43.5 Å². The van der Waals surface area contributed by atoms with Crippen LogP contribution in [-0.2, 0) is 9.53 Å². The van der Waals surface area contributed by atoms with Crippen molar-refractivity contribution in [1.82, 2.24) is 15.2 Å². The standard InChI is InChI=1S/C18H25N3O4/c1-12(2)25-15-9-13(10-19-11-15)17(22)20-16-3-6-21(18(16)23)14-4-7-24-8-5-14/h9-12,14,16H,3-8H2,1-2H3,(H,20,22). The van der Waals surface area contributed by atoms with Crippen molar-refractivity contribution in [2.75, 3.05) is 19.8 Å². The molecule has 0 bridgehead atoms. The molecule has 7 nitrogen and oxygen atoms in total. The first kappa shape index (κ1) is 17.7. The lowest BCUT2D eigenvalue weighted by molar-refractivity contribution is -0.132. The van der Waals surface area contributed by atoms with Gasteiger partial charge in [-0.3, -0.25) is 14.6 Å². The SMILES string of the molecule is CC(C)Oc1cncc(C(=O)NC2CCN(C3CCOCC3)C2=O)c1. The molecule has 25 heavy (non-hydrogen) atoms. The van der Waals surface area contributed by atoms with Crippen LogP contribution in [0.3, 0.4) is 0 Å². The van der Waals surface area contributed by atoms with Gasteiger partial charge in [0, 0.05) is 32.0 Å². The second kappa shape index (κ2) is 7.82. The van der Waals surface area contributed by atoms with Crippen molar-refractivity contribution in [3.8, 4) is 5.75 Å². The van der Waals surface area contributed by atoms with Crippen LogP contribution in [0, 0.1) is 0 Å². The molecular weight excluding hydrogens is 322 g/mol. The summed E-state index contributed by atoms with van der Waals surface area (Å²) >= 11 is 0. The minimum atomic E-state index is -0.468. The van der Waals surface area contributed by atoms with Gasteiger partial charge in [-0.1, -0.05) is 0 Å². The van der Waals surface area contributed by atoms with Gasteiger partial charge >= 0.3 is 0 Å². The van der Waals surface area contributed by atoms with E-state index in [0.717, 1.165) is 12.8 Å². The van der Waals surface area contributed by atoms with Crippen LogP contribution >= 0.6 is 0 Å². The molecule has 2 saturated heterocycles. The molecule has 0 aliphatic carbocycles. The van der Waals surface area contributed by atoms with E-state index in [0.29, 0.717) is 37.5 Å². The van der Waals surface area contributed by atoms with E-state index in [9.17, 15) is 9.59 Å². The fourth-order valence-corrected chi connectivity index (χ4v) is 3.32. The third kappa shape index (κ3) is 4.28. The quantitative estimate of drug-likeness (QED) is 0.870. The second-order valence-corrected chi connectivity index (χ2v) is 6.77. The van der Waals surface area contributed by atoms with E-state index in [1.54, 1.807) is 12.3 Å². The van der Waals surface area contributed by atoms with Gasteiger partial charge in [0.2, 0.25) is 5.91 Å². The van der Waals surface area contributed by atoms with Gasteiger partial charge in [0.15, 0.2) is 0 Å². The minimum absolute atomic E-state index is 0.00259. The van der Waals surface area contributed by atoms with E-state index < -0.39 is 6.04 Å². The first-order chi connectivity index (χ1) is 12.0. The molecule has 1 aromatic rings. The topological polar surface area (TPSA) is 80.8 Å². The first-order valence-corrected chi connectivity index (χ1v) is 8.85. The number of nitrogens with one attached hydrogen (secondary N) is 1. The van der Waals surface area contributed by atoms with Crippen LogP contribution in [0.2, 0.25) is 0 Å². The van der Waals surface area contributed by atoms with Gasteiger partial charge in [-0.15, -0.1) is 0 Å². The summed E-state index contributed by atoms with van der Waals surface area (Å²) in [5.41, 5.74) is 0.399. The van der Waals surface area contributed by atoms with Crippen molar-refractivity contribution in [3.63, 3.8) is 0 Å². The number of rotatable bonds is 5. The number of hydrogen-bond acceptors (Lipinski definition) is 5. The Hall–Kier alpha value is -2.15. The number of pyridine rings is 1. The predicted octanol–water partition coefficient (Wildman–Crippen LogP) is 1.38. The Morgan fingerprint density at radius 2 is 2.08 bits per heavy atom. The molecule has 7 heteroatoms. The molecule has 3 rings (SSSR count). The van der Waals surface area contributed by atoms with E-state index in [1.165, 1.54) is 6.20 Å². The highest BCUT2D eigenvalue weighted by Gasteiger charge is 2.37. The summed E-state index contributed by atoms with van der Waals surface area (Å²) in [6.07, 6.45) is 5.43. The smallest absolute Gasteiger partial charge is 0.253 e. The molecule has 1 atom stereocenters. The largest absolute Gasteiger partial charge is 0.489 e. The van der Waals surface area contributed by atoms with Gasteiger partial charge in [-0.25, -0.2) is 0 Å². The minimum Gasteiger partial charge on any atom is -0.489 e.